The molecule has 0 saturated heterocycles. The Labute approximate surface area is 132 Å². The maximum absolute atomic E-state index is 12.1. The minimum absolute atomic E-state index is 0.00217. The summed E-state index contributed by atoms with van der Waals surface area (Å²) in [6.07, 6.45) is 1.43. The molecule has 2 aromatic heterocycles. The van der Waals surface area contributed by atoms with Crippen molar-refractivity contribution in [1.82, 2.24) is 5.32 Å². The van der Waals surface area contributed by atoms with Gasteiger partial charge in [0.15, 0.2) is 5.76 Å². The first-order valence-corrected chi connectivity index (χ1v) is 7.67. The Kier molecular flexibility index (Phi) is 5.35. The van der Waals surface area contributed by atoms with Crippen molar-refractivity contribution in [2.24, 2.45) is 5.92 Å². The fraction of sp³-hybridized carbons (Fsp3) is 0.333. The first kappa shape index (κ1) is 16.3. The van der Waals surface area contributed by atoms with Crippen molar-refractivity contribution in [2.45, 2.75) is 13.8 Å². The third-order valence-corrected chi connectivity index (χ3v) is 4.18. The van der Waals surface area contributed by atoms with Gasteiger partial charge >= 0.3 is 0 Å². The van der Waals surface area contributed by atoms with Gasteiger partial charge in [-0.15, -0.1) is 11.3 Å². The highest BCUT2D eigenvalue weighted by molar-refractivity contribution is 7.18. The third kappa shape index (κ3) is 3.96. The van der Waals surface area contributed by atoms with Crippen LogP contribution >= 0.6 is 11.3 Å². The van der Waals surface area contributed by atoms with Gasteiger partial charge in [0, 0.05) is 13.2 Å². The van der Waals surface area contributed by atoms with Crippen molar-refractivity contribution >= 4 is 28.2 Å². The van der Waals surface area contributed by atoms with E-state index in [1.165, 1.54) is 17.6 Å². The second-order valence-corrected chi connectivity index (χ2v) is 6.10. The standard InChI is InChI=1S/C15H18N2O4S/c1-9(8-18)7-16-15(20)13-10(2)6-12(22-13)17-14(19)11-4-3-5-21-11/h3-6,9,18H,7-8H2,1-2H3,(H,16,20)(H,17,19). The van der Waals surface area contributed by atoms with Crippen LogP contribution < -0.4 is 10.6 Å². The number of aliphatic hydroxyl groups is 1. The molecule has 0 saturated carbocycles. The van der Waals surface area contributed by atoms with Crippen LogP contribution in [0.5, 0.6) is 0 Å². The molecular weight excluding hydrogens is 304 g/mol. The zero-order valence-electron chi connectivity index (χ0n) is 12.4. The Balaban J connectivity index is 2.01. The molecule has 118 valence electrons. The molecule has 6 nitrogen and oxygen atoms in total. The van der Waals surface area contributed by atoms with Crippen LogP contribution in [0.3, 0.4) is 0 Å². The topological polar surface area (TPSA) is 91.6 Å². The summed E-state index contributed by atoms with van der Waals surface area (Å²) in [7, 11) is 0. The average molecular weight is 322 g/mol. The Morgan fingerprint density at radius 2 is 2.18 bits per heavy atom. The summed E-state index contributed by atoms with van der Waals surface area (Å²) < 4.78 is 5.02. The molecule has 2 amide bonds. The van der Waals surface area contributed by atoms with E-state index in [0.29, 0.717) is 16.4 Å². The summed E-state index contributed by atoms with van der Waals surface area (Å²) >= 11 is 1.20. The molecule has 0 radical (unpaired) electrons. The summed E-state index contributed by atoms with van der Waals surface area (Å²) in [5, 5.41) is 15.0. The molecule has 22 heavy (non-hydrogen) atoms. The molecule has 0 aromatic carbocycles. The Morgan fingerprint density at radius 3 is 2.82 bits per heavy atom. The van der Waals surface area contributed by atoms with Crippen LogP contribution in [0, 0.1) is 12.8 Å². The molecule has 0 spiro atoms. The smallest absolute Gasteiger partial charge is 0.291 e. The van der Waals surface area contributed by atoms with Gasteiger partial charge < -0.3 is 20.2 Å². The second-order valence-electron chi connectivity index (χ2n) is 5.05. The normalized spacial score (nSPS) is 12.0. The van der Waals surface area contributed by atoms with E-state index >= 15 is 0 Å². The van der Waals surface area contributed by atoms with E-state index in [9.17, 15) is 9.59 Å². The largest absolute Gasteiger partial charge is 0.459 e. The van der Waals surface area contributed by atoms with Crippen LogP contribution in [0.4, 0.5) is 5.00 Å². The van der Waals surface area contributed by atoms with Gasteiger partial charge in [0.25, 0.3) is 11.8 Å². The number of rotatable bonds is 6. The quantitative estimate of drug-likeness (QED) is 0.761. The number of hydrogen-bond donors (Lipinski definition) is 3. The lowest BCUT2D eigenvalue weighted by Gasteiger charge is -2.08. The lowest BCUT2D eigenvalue weighted by Crippen LogP contribution is -2.29. The van der Waals surface area contributed by atoms with Gasteiger partial charge in [-0.2, -0.15) is 0 Å². The molecule has 0 aliphatic rings. The molecule has 2 aromatic rings. The molecule has 7 heteroatoms. The summed E-state index contributed by atoms with van der Waals surface area (Å²) in [6.45, 7) is 4.08. The molecule has 1 atom stereocenters. The number of aryl methyl sites for hydroxylation is 1. The predicted octanol–water partition coefficient (Wildman–Crippen LogP) is 2.26. The lowest BCUT2D eigenvalue weighted by atomic mass is 10.2. The number of carbonyl (C=O) groups excluding carboxylic acids is 2. The molecule has 0 aliphatic carbocycles. The van der Waals surface area contributed by atoms with Gasteiger partial charge in [0.2, 0.25) is 0 Å². The molecule has 2 heterocycles. The maximum Gasteiger partial charge on any atom is 0.291 e. The van der Waals surface area contributed by atoms with Gasteiger partial charge in [-0.25, -0.2) is 0 Å². The van der Waals surface area contributed by atoms with Crippen molar-refractivity contribution in [3.8, 4) is 0 Å². The summed E-state index contributed by atoms with van der Waals surface area (Å²) in [5.41, 5.74) is 0.786. The Bertz CT molecular complexity index is 649. The van der Waals surface area contributed by atoms with E-state index in [-0.39, 0.29) is 30.1 Å². The fourth-order valence-electron chi connectivity index (χ4n) is 1.76. The molecule has 1 unspecified atom stereocenters. The van der Waals surface area contributed by atoms with Crippen LogP contribution in [0.2, 0.25) is 0 Å². The van der Waals surface area contributed by atoms with Crippen molar-refractivity contribution < 1.29 is 19.1 Å². The zero-order chi connectivity index (χ0) is 16.1. The highest BCUT2D eigenvalue weighted by atomic mass is 32.1. The summed E-state index contributed by atoms with van der Waals surface area (Å²) in [6, 6.07) is 4.95. The zero-order valence-corrected chi connectivity index (χ0v) is 13.2. The monoisotopic (exact) mass is 322 g/mol. The number of thiophene rings is 1. The number of aliphatic hydroxyl groups excluding tert-OH is 1. The SMILES string of the molecule is Cc1cc(NC(=O)c2ccco2)sc1C(=O)NCC(C)CO. The predicted molar refractivity (Wildman–Crippen MR) is 84.3 cm³/mol. The van der Waals surface area contributed by atoms with Gasteiger partial charge in [0.1, 0.15) is 0 Å². The van der Waals surface area contributed by atoms with Crippen LogP contribution in [0.15, 0.2) is 28.9 Å². The second kappa shape index (κ2) is 7.24. The highest BCUT2D eigenvalue weighted by Gasteiger charge is 2.16. The van der Waals surface area contributed by atoms with Crippen molar-refractivity contribution in [3.63, 3.8) is 0 Å². The minimum Gasteiger partial charge on any atom is -0.459 e. The number of anilines is 1. The number of nitrogens with one attached hydrogen (secondary N) is 2. The van der Waals surface area contributed by atoms with E-state index in [1.807, 2.05) is 13.8 Å². The van der Waals surface area contributed by atoms with Crippen LogP contribution in [0.1, 0.15) is 32.7 Å². The fourth-order valence-corrected chi connectivity index (χ4v) is 2.75. The molecule has 0 fully saturated rings. The van der Waals surface area contributed by atoms with E-state index < -0.39 is 0 Å². The van der Waals surface area contributed by atoms with E-state index in [0.717, 1.165) is 5.56 Å². The first-order valence-electron chi connectivity index (χ1n) is 6.85. The Morgan fingerprint density at radius 1 is 1.41 bits per heavy atom. The van der Waals surface area contributed by atoms with Crippen molar-refractivity contribution in [2.75, 3.05) is 18.5 Å². The van der Waals surface area contributed by atoms with Crippen molar-refractivity contribution in [3.05, 3.63) is 40.7 Å². The van der Waals surface area contributed by atoms with Crippen LogP contribution in [-0.2, 0) is 0 Å². The lowest BCUT2D eigenvalue weighted by molar-refractivity contribution is 0.0944. The molecule has 0 bridgehead atoms. The maximum atomic E-state index is 12.1. The molecular formula is C15H18N2O4S. The number of amides is 2. The molecule has 2 rings (SSSR count). The first-order chi connectivity index (χ1) is 10.5. The number of furan rings is 1. The van der Waals surface area contributed by atoms with Gasteiger partial charge in [-0.05, 0) is 36.6 Å². The number of hydrogen-bond acceptors (Lipinski definition) is 5. The summed E-state index contributed by atoms with van der Waals surface area (Å²) in [4.78, 5) is 24.5. The molecule has 3 N–H and O–H groups in total. The van der Waals surface area contributed by atoms with E-state index in [4.69, 9.17) is 9.52 Å². The average Bonchev–Trinajstić information content (AvgIpc) is 3.14. The van der Waals surface area contributed by atoms with Crippen LogP contribution in [-0.4, -0.2) is 30.1 Å². The van der Waals surface area contributed by atoms with Crippen molar-refractivity contribution in [1.29, 1.82) is 0 Å². The van der Waals surface area contributed by atoms with E-state index in [1.54, 1.807) is 18.2 Å². The van der Waals surface area contributed by atoms with Gasteiger partial charge in [-0.1, -0.05) is 6.92 Å². The van der Waals surface area contributed by atoms with Gasteiger partial charge in [0.05, 0.1) is 16.1 Å². The summed E-state index contributed by atoms with van der Waals surface area (Å²) in [5.74, 6) is -0.343. The Hall–Kier alpha value is -2.12. The van der Waals surface area contributed by atoms with Gasteiger partial charge in [-0.3, -0.25) is 9.59 Å². The minimum atomic E-state index is -0.355. The van der Waals surface area contributed by atoms with E-state index in [2.05, 4.69) is 10.6 Å². The highest BCUT2D eigenvalue weighted by Crippen LogP contribution is 2.27. The third-order valence-electron chi connectivity index (χ3n) is 3.03. The van der Waals surface area contributed by atoms with Crippen LogP contribution in [0.25, 0.3) is 0 Å². The molecule has 0 aliphatic heterocycles. The number of carbonyl (C=O) groups is 2.